The number of rotatable bonds is 5. The van der Waals surface area contributed by atoms with Crippen molar-refractivity contribution in [2.24, 2.45) is 0 Å². The van der Waals surface area contributed by atoms with Gasteiger partial charge in [0, 0.05) is 16.1 Å². The highest BCUT2D eigenvalue weighted by molar-refractivity contribution is 7.10. The number of ketones is 1. The first-order valence-electron chi connectivity index (χ1n) is 10.1. The number of thiophene rings is 1. The predicted octanol–water partition coefficient (Wildman–Crippen LogP) is 5.47. The minimum Gasteiger partial charge on any atom is -0.507 e. The van der Waals surface area contributed by atoms with E-state index in [1.807, 2.05) is 56.5 Å². The summed E-state index contributed by atoms with van der Waals surface area (Å²) in [5.74, 6) is -0.817. The second kappa shape index (κ2) is 8.40. The monoisotopic (exact) mass is 433 g/mol. The van der Waals surface area contributed by atoms with E-state index in [-0.39, 0.29) is 17.4 Å². The van der Waals surface area contributed by atoms with Crippen LogP contribution in [0.1, 0.15) is 35.9 Å². The largest absolute Gasteiger partial charge is 0.507 e. The Bertz CT molecular complexity index is 1150. The summed E-state index contributed by atoms with van der Waals surface area (Å²) >= 11 is 1.44. The number of hydrogen-bond donors (Lipinski definition) is 1. The second-order valence-electron chi connectivity index (χ2n) is 7.67. The van der Waals surface area contributed by atoms with E-state index in [2.05, 4.69) is 0 Å². The highest BCUT2D eigenvalue weighted by Gasteiger charge is 2.47. The van der Waals surface area contributed by atoms with Crippen LogP contribution in [-0.2, 0) is 9.59 Å². The van der Waals surface area contributed by atoms with Crippen molar-refractivity contribution in [3.63, 3.8) is 0 Å². The second-order valence-corrected chi connectivity index (χ2v) is 8.65. The van der Waals surface area contributed by atoms with E-state index in [0.717, 1.165) is 10.4 Å². The third kappa shape index (κ3) is 3.86. The van der Waals surface area contributed by atoms with Gasteiger partial charge < -0.3 is 9.84 Å². The summed E-state index contributed by atoms with van der Waals surface area (Å²) in [5, 5.41) is 13.1. The van der Waals surface area contributed by atoms with Crippen LogP contribution in [0.3, 0.4) is 0 Å². The van der Waals surface area contributed by atoms with Crippen molar-refractivity contribution >= 4 is 34.5 Å². The Balaban J connectivity index is 1.85. The molecule has 5 nitrogen and oxygen atoms in total. The molecule has 0 saturated carbocycles. The third-order valence-corrected chi connectivity index (χ3v) is 6.03. The highest BCUT2D eigenvalue weighted by Crippen LogP contribution is 2.43. The molecule has 1 N–H and O–H groups in total. The average molecular weight is 434 g/mol. The Kier molecular flexibility index (Phi) is 5.65. The number of ether oxygens (including phenoxy) is 1. The van der Waals surface area contributed by atoms with Gasteiger partial charge in [0.05, 0.1) is 11.7 Å². The fourth-order valence-electron chi connectivity index (χ4n) is 3.74. The van der Waals surface area contributed by atoms with Gasteiger partial charge in [-0.25, -0.2) is 0 Å². The fourth-order valence-corrected chi connectivity index (χ4v) is 4.57. The minimum atomic E-state index is -0.695. The van der Waals surface area contributed by atoms with Crippen LogP contribution in [0.4, 0.5) is 5.69 Å². The van der Waals surface area contributed by atoms with Crippen molar-refractivity contribution in [3.05, 3.63) is 87.6 Å². The number of aryl methyl sites for hydroxylation is 1. The summed E-state index contributed by atoms with van der Waals surface area (Å²) < 4.78 is 5.77. The molecule has 4 rings (SSSR count). The third-order valence-electron chi connectivity index (χ3n) is 5.10. The molecule has 1 amide bonds. The zero-order valence-electron chi connectivity index (χ0n) is 17.5. The van der Waals surface area contributed by atoms with Gasteiger partial charge in [-0.15, -0.1) is 11.3 Å². The summed E-state index contributed by atoms with van der Waals surface area (Å²) in [6.07, 6.45) is 0.0215. The zero-order valence-corrected chi connectivity index (χ0v) is 18.3. The minimum absolute atomic E-state index is 0.0215. The van der Waals surface area contributed by atoms with Crippen molar-refractivity contribution in [3.8, 4) is 5.75 Å². The van der Waals surface area contributed by atoms with Crippen LogP contribution >= 0.6 is 11.3 Å². The van der Waals surface area contributed by atoms with Crippen molar-refractivity contribution in [1.29, 1.82) is 0 Å². The molecule has 3 aromatic rings. The van der Waals surface area contributed by atoms with Gasteiger partial charge in [-0.3, -0.25) is 14.5 Å². The first-order valence-corrected chi connectivity index (χ1v) is 10.9. The van der Waals surface area contributed by atoms with Gasteiger partial charge in [0.25, 0.3) is 11.7 Å². The van der Waals surface area contributed by atoms with Gasteiger partial charge >= 0.3 is 0 Å². The highest BCUT2D eigenvalue weighted by atomic mass is 32.1. The van der Waals surface area contributed by atoms with E-state index in [9.17, 15) is 14.7 Å². The molecule has 2 heterocycles. The molecule has 1 atom stereocenters. The van der Waals surface area contributed by atoms with Crippen LogP contribution in [0.5, 0.6) is 5.75 Å². The molecule has 1 aliphatic heterocycles. The van der Waals surface area contributed by atoms with E-state index >= 15 is 0 Å². The number of carbonyl (C=O) groups is 2. The Hall–Kier alpha value is -3.38. The van der Waals surface area contributed by atoms with Crippen LogP contribution < -0.4 is 9.64 Å². The summed E-state index contributed by atoms with van der Waals surface area (Å²) in [4.78, 5) is 28.4. The number of aliphatic hydroxyl groups excluding tert-OH is 1. The predicted molar refractivity (Wildman–Crippen MR) is 122 cm³/mol. The maximum absolute atomic E-state index is 13.1. The molecule has 1 fully saturated rings. The van der Waals surface area contributed by atoms with E-state index < -0.39 is 17.7 Å². The lowest BCUT2D eigenvalue weighted by Crippen LogP contribution is -2.29. The summed E-state index contributed by atoms with van der Waals surface area (Å²) in [7, 11) is 0. The van der Waals surface area contributed by atoms with Gasteiger partial charge in [0.15, 0.2) is 0 Å². The first-order chi connectivity index (χ1) is 14.9. The van der Waals surface area contributed by atoms with Gasteiger partial charge in [-0.2, -0.15) is 0 Å². The number of carbonyl (C=O) groups excluding carboxylic acids is 2. The summed E-state index contributed by atoms with van der Waals surface area (Å²) in [5.41, 5.74) is 2.01. The number of para-hydroxylation sites is 1. The number of benzene rings is 2. The van der Waals surface area contributed by atoms with Crippen molar-refractivity contribution in [2.45, 2.75) is 32.9 Å². The molecule has 0 radical (unpaired) electrons. The van der Waals surface area contributed by atoms with E-state index in [4.69, 9.17) is 4.74 Å². The van der Waals surface area contributed by atoms with Gasteiger partial charge in [0.1, 0.15) is 17.6 Å². The van der Waals surface area contributed by atoms with E-state index in [1.54, 1.807) is 30.3 Å². The average Bonchev–Trinajstić information content (AvgIpc) is 3.36. The topological polar surface area (TPSA) is 66.8 Å². The lowest BCUT2D eigenvalue weighted by Gasteiger charge is -2.24. The van der Waals surface area contributed by atoms with Crippen LogP contribution in [0.25, 0.3) is 5.76 Å². The molecule has 0 spiro atoms. The van der Waals surface area contributed by atoms with E-state index in [0.29, 0.717) is 17.0 Å². The maximum atomic E-state index is 13.1. The zero-order chi connectivity index (χ0) is 22.1. The molecular weight excluding hydrogens is 410 g/mol. The molecule has 158 valence electrons. The molecule has 1 aliphatic rings. The Labute approximate surface area is 185 Å². The van der Waals surface area contributed by atoms with E-state index in [1.165, 1.54) is 16.2 Å². The van der Waals surface area contributed by atoms with Gasteiger partial charge in [0.2, 0.25) is 0 Å². The molecule has 6 heteroatoms. The smallest absolute Gasteiger partial charge is 0.300 e. The number of nitrogens with zero attached hydrogens (tertiary/aromatic N) is 1. The maximum Gasteiger partial charge on any atom is 0.300 e. The lowest BCUT2D eigenvalue weighted by atomic mass is 9.98. The van der Waals surface area contributed by atoms with Crippen LogP contribution in [0, 0.1) is 6.92 Å². The molecule has 2 aromatic carbocycles. The Morgan fingerprint density at radius 3 is 2.42 bits per heavy atom. The number of aliphatic hydroxyl groups is 1. The number of Topliss-reactive ketones (excluding diaryl/α,β-unsaturated/α-hetero) is 1. The lowest BCUT2D eigenvalue weighted by molar-refractivity contribution is -0.132. The standard InChI is InChI=1S/C25H23NO4S/c1-15(2)30-19-12-11-17(14-16(19)3)23(27)21-22(20-10-7-13-31-20)26(25(29)24(21)28)18-8-5-4-6-9-18/h4-15,22,27H,1-3H3/b23-21-. The van der Waals surface area contributed by atoms with Crippen molar-refractivity contribution in [2.75, 3.05) is 4.90 Å². The van der Waals surface area contributed by atoms with Crippen LogP contribution in [-0.4, -0.2) is 22.9 Å². The Morgan fingerprint density at radius 1 is 1.06 bits per heavy atom. The number of hydrogen-bond acceptors (Lipinski definition) is 5. The fraction of sp³-hybridized carbons (Fsp3) is 0.200. The molecule has 31 heavy (non-hydrogen) atoms. The SMILES string of the molecule is Cc1cc(/C(O)=C2/C(=O)C(=O)N(c3ccccc3)C2c2cccs2)ccc1OC(C)C. The van der Waals surface area contributed by atoms with Crippen molar-refractivity contribution < 1.29 is 19.4 Å². The molecular formula is C25H23NO4S. The molecule has 1 saturated heterocycles. The quantitative estimate of drug-likeness (QED) is 0.329. The normalized spacial score (nSPS) is 18.1. The van der Waals surface area contributed by atoms with Gasteiger partial charge in [-0.05, 0) is 68.1 Å². The molecule has 1 unspecified atom stereocenters. The van der Waals surface area contributed by atoms with Crippen LogP contribution in [0.2, 0.25) is 0 Å². The van der Waals surface area contributed by atoms with Crippen molar-refractivity contribution in [1.82, 2.24) is 0 Å². The number of anilines is 1. The summed E-state index contributed by atoms with van der Waals surface area (Å²) in [6, 6.07) is 17.4. The first kappa shape index (κ1) is 20.9. The van der Waals surface area contributed by atoms with Gasteiger partial charge in [-0.1, -0.05) is 24.3 Å². The molecule has 1 aromatic heterocycles. The summed E-state index contributed by atoms with van der Waals surface area (Å²) in [6.45, 7) is 5.77. The number of amides is 1. The molecule has 0 aliphatic carbocycles. The molecule has 0 bridgehead atoms. The Morgan fingerprint density at radius 2 is 1.81 bits per heavy atom. The van der Waals surface area contributed by atoms with Crippen LogP contribution in [0.15, 0.2) is 71.6 Å².